The van der Waals surface area contributed by atoms with E-state index in [2.05, 4.69) is 17.1 Å². The first kappa shape index (κ1) is 23.2. The smallest absolute Gasteiger partial charge is 0.343 e. The van der Waals surface area contributed by atoms with Crippen molar-refractivity contribution in [2.24, 2.45) is 5.92 Å². The van der Waals surface area contributed by atoms with Crippen molar-refractivity contribution in [3.63, 3.8) is 0 Å². The first-order valence-corrected chi connectivity index (χ1v) is 13.0. The van der Waals surface area contributed by atoms with E-state index in [0.29, 0.717) is 24.7 Å². The molecule has 0 radical (unpaired) electrons. The fraction of sp³-hybridized carbons (Fsp3) is 0.269. The highest BCUT2D eigenvalue weighted by atomic mass is 32.2. The van der Waals surface area contributed by atoms with Crippen molar-refractivity contribution >= 4 is 27.0 Å². The van der Waals surface area contributed by atoms with Crippen molar-refractivity contribution in [3.8, 4) is 11.4 Å². The van der Waals surface area contributed by atoms with Crippen molar-refractivity contribution in [3.05, 3.63) is 77.9 Å². The second-order valence-electron chi connectivity index (χ2n) is 8.95. The number of aromatic nitrogens is 3. The van der Waals surface area contributed by atoms with E-state index in [4.69, 9.17) is 4.74 Å². The molecule has 1 saturated heterocycles. The van der Waals surface area contributed by atoms with Gasteiger partial charge < -0.3 is 4.74 Å². The van der Waals surface area contributed by atoms with Gasteiger partial charge in [0.1, 0.15) is 16.7 Å². The summed E-state index contributed by atoms with van der Waals surface area (Å²) in [6.45, 7) is 5.02. The quantitative estimate of drug-likeness (QED) is 0.305. The second-order valence-corrected chi connectivity index (χ2v) is 10.9. The lowest BCUT2D eigenvalue weighted by Crippen LogP contribution is -2.37. The summed E-state index contributed by atoms with van der Waals surface area (Å²) in [5.74, 6) is 0.128. The molecule has 0 N–H and O–H groups in total. The Kier molecular flexibility index (Phi) is 6.12. The third-order valence-corrected chi connectivity index (χ3v) is 8.16. The minimum atomic E-state index is -3.68. The molecule has 180 valence electrons. The molecule has 9 heteroatoms. The molecule has 0 aliphatic carbocycles. The standard InChI is InChI=1S/C26H26N4O4S/c1-18-12-14-29(15-13-18)35(32,33)21-7-5-6-20(17-21)26(31)34-25-11-10-19(2)16-24(25)30-27-22-8-3-4-9-23(22)28-30/h3-11,16-18H,12-15H2,1-2H3. The SMILES string of the molecule is Cc1ccc(OC(=O)c2cccc(S(=O)(=O)N3CCC(C)CC3)c2)c(-n2nc3ccccc3n2)c1. The van der Waals surface area contributed by atoms with Crippen molar-refractivity contribution in [2.45, 2.75) is 31.6 Å². The minimum Gasteiger partial charge on any atom is -0.421 e. The molecule has 3 aromatic carbocycles. The van der Waals surface area contributed by atoms with E-state index >= 15 is 0 Å². The maximum atomic E-state index is 13.1. The highest BCUT2D eigenvalue weighted by Crippen LogP contribution is 2.27. The molecule has 1 fully saturated rings. The molecule has 2 heterocycles. The third-order valence-electron chi connectivity index (χ3n) is 6.27. The van der Waals surface area contributed by atoms with Gasteiger partial charge in [-0.15, -0.1) is 15.0 Å². The predicted octanol–water partition coefficient (Wildman–Crippen LogP) is 4.37. The zero-order valence-corrected chi connectivity index (χ0v) is 20.4. The number of aryl methyl sites for hydroxylation is 1. The van der Waals surface area contributed by atoms with E-state index in [1.165, 1.54) is 21.2 Å². The van der Waals surface area contributed by atoms with E-state index in [1.54, 1.807) is 18.2 Å². The molecule has 0 amide bonds. The Labute approximate surface area is 204 Å². The van der Waals surface area contributed by atoms with E-state index in [0.717, 1.165) is 29.4 Å². The van der Waals surface area contributed by atoms with Gasteiger partial charge in [-0.2, -0.15) is 4.31 Å². The van der Waals surface area contributed by atoms with Gasteiger partial charge in [-0.25, -0.2) is 13.2 Å². The maximum absolute atomic E-state index is 13.1. The van der Waals surface area contributed by atoms with Crippen molar-refractivity contribution < 1.29 is 17.9 Å². The van der Waals surface area contributed by atoms with Crippen LogP contribution in [0.2, 0.25) is 0 Å². The van der Waals surface area contributed by atoms with Crippen LogP contribution >= 0.6 is 0 Å². The van der Waals surface area contributed by atoms with Crippen LogP contribution in [0.4, 0.5) is 0 Å². The van der Waals surface area contributed by atoms with Crippen LogP contribution in [-0.4, -0.2) is 46.8 Å². The third kappa shape index (κ3) is 4.69. The Bertz CT molecular complexity index is 1470. The normalized spacial score (nSPS) is 15.4. The van der Waals surface area contributed by atoms with Crippen molar-refractivity contribution in [2.75, 3.05) is 13.1 Å². The molecule has 1 aliphatic rings. The predicted molar refractivity (Wildman–Crippen MR) is 132 cm³/mol. The summed E-state index contributed by atoms with van der Waals surface area (Å²) >= 11 is 0. The number of carbonyl (C=O) groups is 1. The molecule has 4 aromatic rings. The van der Waals surface area contributed by atoms with Gasteiger partial charge in [-0.3, -0.25) is 0 Å². The lowest BCUT2D eigenvalue weighted by molar-refractivity contribution is 0.0734. The first-order valence-electron chi connectivity index (χ1n) is 11.6. The van der Waals surface area contributed by atoms with E-state index in [9.17, 15) is 13.2 Å². The Hall–Kier alpha value is -3.56. The Morgan fingerprint density at radius 1 is 0.943 bits per heavy atom. The van der Waals surface area contributed by atoms with Crippen molar-refractivity contribution in [1.82, 2.24) is 19.3 Å². The first-order chi connectivity index (χ1) is 16.8. The zero-order valence-electron chi connectivity index (χ0n) is 19.6. The van der Waals surface area contributed by atoms with Crippen LogP contribution in [0.25, 0.3) is 16.7 Å². The fourth-order valence-corrected chi connectivity index (χ4v) is 5.67. The molecule has 1 aliphatic heterocycles. The number of nitrogens with zero attached hydrogens (tertiary/aromatic N) is 4. The van der Waals surface area contributed by atoms with Crippen LogP contribution in [0.15, 0.2) is 71.6 Å². The largest absolute Gasteiger partial charge is 0.421 e. The molecule has 8 nitrogen and oxygen atoms in total. The van der Waals surface area contributed by atoms with Crippen LogP contribution in [0.5, 0.6) is 5.75 Å². The van der Waals surface area contributed by atoms with E-state index in [1.807, 2.05) is 43.3 Å². The molecule has 0 bridgehead atoms. The summed E-state index contributed by atoms with van der Waals surface area (Å²) in [7, 11) is -3.68. The summed E-state index contributed by atoms with van der Waals surface area (Å²) in [4.78, 5) is 14.6. The molecular weight excluding hydrogens is 464 g/mol. The highest BCUT2D eigenvalue weighted by molar-refractivity contribution is 7.89. The van der Waals surface area contributed by atoms with Crippen LogP contribution in [0.3, 0.4) is 0 Å². The molecule has 0 spiro atoms. The van der Waals surface area contributed by atoms with Gasteiger partial charge in [0.2, 0.25) is 10.0 Å². The molecule has 1 aromatic heterocycles. The molecule has 0 saturated carbocycles. The number of sulfonamides is 1. The van der Waals surface area contributed by atoms with E-state index < -0.39 is 16.0 Å². The van der Waals surface area contributed by atoms with Crippen LogP contribution < -0.4 is 4.74 Å². The lowest BCUT2D eigenvalue weighted by Gasteiger charge is -2.29. The molecule has 0 atom stereocenters. The highest BCUT2D eigenvalue weighted by Gasteiger charge is 2.28. The van der Waals surface area contributed by atoms with E-state index in [-0.39, 0.29) is 16.2 Å². The summed E-state index contributed by atoms with van der Waals surface area (Å²) in [6.07, 6.45) is 1.65. The van der Waals surface area contributed by atoms with Gasteiger partial charge in [0.25, 0.3) is 0 Å². The summed E-state index contributed by atoms with van der Waals surface area (Å²) in [5.41, 5.74) is 3.06. The van der Waals surface area contributed by atoms with Gasteiger partial charge in [0.15, 0.2) is 5.75 Å². The second kappa shape index (κ2) is 9.24. The Morgan fingerprint density at radius 3 is 2.31 bits per heavy atom. The average molecular weight is 491 g/mol. The van der Waals surface area contributed by atoms with Crippen LogP contribution in [0, 0.1) is 12.8 Å². The maximum Gasteiger partial charge on any atom is 0.343 e. The Balaban J connectivity index is 1.43. The lowest BCUT2D eigenvalue weighted by atomic mass is 10.0. The number of benzene rings is 3. The Morgan fingerprint density at radius 2 is 1.63 bits per heavy atom. The number of rotatable bonds is 5. The van der Waals surface area contributed by atoms with Gasteiger partial charge in [0, 0.05) is 13.1 Å². The van der Waals surface area contributed by atoms with Gasteiger partial charge >= 0.3 is 5.97 Å². The number of ether oxygens (including phenoxy) is 1. The number of esters is 1. The van der Waals surface area contributed by atoms with Gasteiger partial charge in [0.05, 0.1) is 10.5 Å². The van der Waals surface area contributed by atoms with Crippen LogP contribution in [0.1, 0.15) is 35.7 Å². The number of piperidine rings is 1. The topological polar surface area (TPSA) is 94.4 Å². The van der Waals surface area contributed by atoms with Gasteiger partial charge in [-0.05, 0) is 73.7 Å². The molecule has 0 unspecified atom stereocenters. The monoisotopic (exact) mass is 490 g/mol. The summed E-state index contributed by atoms with van der Waals surface area (Å²) < 4.78 is 33.5. The zero-order chi connectivity index (χ0) is 24.6. The fourth-order valence-electron chi connectivity index (χ4n) is 4.15. The summed E-state index contributed by atoms with van der Waals surface area (Å²) in [6, 6.07) is 18.8. The molecule has 5 rings (SSSR count). The molecular formula is C26H26N4O4S. The number of fused-ring (bicyclic) bond motifs is 1. The average Bonchev–Trinajstić information content (AvgIpc) is 3.29. The van der Waals surface area contributed by atoms with Crippen LogP contribution in [-0.2, 0) is 10.0 Å². The molecule has 35 heavy (non-hydrogen) atoms. The van der Waals surface area contributed by atoms with Gasteiger partial charge in [-0.1, -0.05) is 31.2 Å². The minimum absolute atomic E-state index is 0.0885. The number of carbonyl (C=O) groups excluding carboxylic acids is 1. The number of hydrogen-bond acceptors (Lipinski definition) is 6. The van der Waals surface area contributed by atoms with Crippen molar-refractivity contribution in [1.29, 1.82) is 0 Å². The number of hydrogen-bond donors (Lipinski definition) is 0. The summed E-state index contributed by atoms with van der Waals surface area (Å²) in [5, 5.41) is 9.00.